The Kier molecular flexibility index (Phi) is 11.4. The van der Waals surface area contributed by atoms with E-state index in [9.17, 15) is 5.11 Å². The van der Waals surface area contributed by atoms with Crippen LogP contribution in [0.15, 0.2) is 4.99 Å². The van der Waals surface area contributed by atoms with Gasteiger partial charge in [-0.25, -0.2) is 0 Å². The maximum atomic E-state index is 10.5. The Labute approximate surface area is 176 Å². The van der Waals surface area contributed by atoms with Crippen molar-refractivity contribution in [2.75, 3.05) is 39.4 Å². The molecule has 0 saturated carbocycles. The van der Waals surface area contributed by atoms with Crippen molar-refractivity contribution in [1.82, 2.24) is 10.2 Å². The molecule has 2 fully saturated rings. The summed E-state index contributed by atoms with van der Waals surface area (Å²) in [5.41, 5.74) is -0.691. The summed E-state index contributed by atoms with van der Waals surface area (Å²) in [7, 11) is 0. The maximum absolute atomic E-state index is 10.5. The smallest absolute Gasteiger partial charge is 0.194 e. The minimum Gasteiger partial charge on any atom is -0.388 e. The van der Waals surface area contributed by atoms with Crippen LogP contribution in [0.1, 0.15) is 59.3 Å². The second kappa shape index (κ2) is 12.4. The van der Waals surface area contributed by atoms with Crippen molar-refractivity contribution < 1.29 is 14.6 Å². The van der Waals surface area contributed by atoms with Crippen molar-refractivity contribution in [2.24, 2.45) is 4.99 Å². The van der Waals surface area contributed by atoms with Crippen LogP contribution in [0.3, 0.4) is 0 Å². The number of ether oxygens (including phenoxy) is 2. The number of hydrogen-bond donors (Lipinski definition) is 2. The molecular formula is C19H38IN3O3. The van der Waals surface area contributed by atoms with E-state index in [1.54, 1.807) is 0 Å². The molecule has 0 aromatic rings. The van der Waals surface area contributed by atoms with Crippen molar-refractivity contribution in [3.05, 3.63) is 0 Å². The highest BCUT2D eigenvalue weighted by Gasteiger charge is 2.26. The number of rotatable bonds is 8. The summed E-state index contributed by atoms with van der Waals surface area (Å²) in [6.07, 6.45) is 6.41. The fraction of sp³-hybridized carbons (Fsp3) is 0.947. The van der Waals surface area contributed by atoms with Crippen LogP contribution in [-0.2, 0) is 9.47 Å². The van der Waals surface area contributed by atoms with Crippen LogP contribution in [0.25, 0.3) is 0 Å². The second-order valence-electron chi connectivity index (χ2n) is 7.26. The van der Waals surface area contributed by atoms with E-state index in [2.05, 4.69) is 17.1 Å². The minimum absolute atomic E-state index is 0. The molecule has 0 aromatic carbocycles. The van der Waals surface area contributed by atoms with Crippen molar-refractivity contribution in [2.45, 2.75) is 77.1 Å². The molecule has 2 heterocycles. The third-order valence-corrected chi connectivity index (χ3v) is 5.46. The van der Waals surface area contributed by atoms with Crippen molar-refractivity contribution in [3.63, 3.8) is 0 Å². The maximum Gasteiger partial charge on any atom is 0.194 e. The van der Waals surface area contributed by atoms with Gasteiger partial charge < -0.3 is 24.8 Å². The van der Waals surface area contributed by atoms with Gasteiger partial charge in [-0.15, -0.1) is 24.0 Å². The van der Waals surface area contributed by atoms with Gasteiger partial charge in [-0.3, -0.25) is 4.99 Å². The number of likely N-dealkylation sites (tertiary alicyclic amines) is 1. The Morgan fingerprint density at radius 1 is 1.23 bits per heavy atom. The first-order valence-corrected chi connectivity index (χ1v) is 10.1. The molecule has 2 aliphatic rings. The van der Waals surface area contributed by atoms with Crippen LogP contribution in [0.4, 0.5) is 0 Å². The molecule has 2 aliphatic heterocycles. The predicted molar refractivity (Wildman–Crippen MR) is 116 cm³/mol. The number of nitrogens with one attached hydrogen (secondary N) is 1. The molecule has 0 aromatic heterocycles. The molecule has 154 valence electrons. The quantitative estimate of drug-likeness (QED) is 0.316. The fourth-order valence-corrected chi connectivity index (χ4v) is 3.37. The summed E-state index contributed by atoms with van der Waals surface area (Å²) in [5.74, 6) is 0.917. The molecule has 7 heteroatoms. The molecule has 6 nitrogen and oxygen atoms in total. The SMILES string of the molecule is CCNC(=NCC(O)(CC)CC)N1CCC(OCC2CCCO2)CC1.I. The third kappa shape index (κ3) is 7.48. The minimum atomic E-state index is -0.691. The molecule has 2 saturated heterocycles. The molecule has 26 heavy (non-hydrogen) atoms. The van der Waals surface area contributed by atoms with Gasteiger partial charge in [-0.05, 0) is 45.4 Å². The first-order chi connectivity index (χ1) is 12.1. The summed E-state index contributed by atoms with van der Waals surface area (Å²) in [6.45, 7) is 10.9. The van der Waals surface area contributed by atoms with E-state index < -0.39 is 5.60 Å². The average molecular weight is 483 g/mol. The summed E-state index contributed by atoms with van der Waals surface area (Å²) in [4.78, 5) is 7.00. The molecule has 2 N–H and O–H groups in total. The molecule has 0 bridgehead atoms. The Hall–Kier alpha value is -0.120. The van der Waals surface area contributed by atoms with Crippen LogP contribution in [0.2, 0.25) is 0 Å². The van der Waals surface area contributed by atoms with Gasteiger partial charge >= 0.3 is 0 Å². The Morgan fingerprint density at radius 2 is 1.92 bits per heavy atom. The number of nitrogens with zero attached hydrogens (tertiary/aromatic N) is 2. The third-order valence-electron chi connectivity index (χ3n) is 5.46. The van der Waals surface area contributed by atoms with Crippen LogP contribution < -0.4 is 5.32 Å². The largest absolute Gasteiger partial charge is 0.388 e. The lowest BCUT2D eigenvalue weighted by Gasteiger charge is -2.35. The normalized spacial score (nSPS) is 22.4. The number of guanidine groups is 1. The predicted octanol–water partition coefficient (Wildman–Crippen LogP) is 2.78. The van der Waals surface area contributed by atoms with Crippen molar-refractivity contribution >= 4 is 29.9 Å². The summed E-state index contributed by atoms with van der Waals surface area (Å²) >= 11 is 0. The van der Waals surface area contributed by atoms with Crippen LogP contribution in [0, 0.1) is 0 Å². The Bertz CT molecular complexity index is 405. The van der Waals surface area contributed by atoms with Gasteiger partial charge in [-0.1, -0.05) is 13.8 Å². The monoisotopic (exact) mass is 483 g/mol. The first kappa shape index (κ1) is 23.9. The molecule has 0 amide bonds. The summed E-state index contributed by atoms with van der Waals surface area (Å²) in [5, 5.41) is 13.8. The lowest BCUT2D eigenvalue weighted by Crippen LogP contribution is -2.48. The molecule has 1 atom stereocenters. The fourth-order valence-electron chi connectivity index (χ4n) is 3.37. The molecule has 0 spiro atoms. The average Bonchev–Trinajstić information content (AvgIpc) is 3.17. The Balaban J connectivity index is 0.00000338. The summed E-state index contributed by atoms with van der Waals surface area (Å²) < 4.78 is 11.7. The van der Waals surface area contributed by atoms with E-state index in [4.69, 9.17) is 14.5 Å². The van der Waals surface area contributed by atoms with Gasteiger partial charge in [-0.2, -0.15) is 0 Å². The lowest BCUT2D eigenvalue weighted by molar-refractivity contribution is -0.0367. The number of halogens is 1. The van der Waals surface area contributed by atoms with E-state index in [0.717, 1.165) is 77.3 Å². The molecule has 0 aliphatic carbocycles. The topological polar surface area (TPSA) is 66.3 Å². The van der Waals surface area contributed by atoms with Gasteiger partial charge in [0.1, 0.15) is 0 Å². The highest BCUT2D eigenvalue weighted by Crippen LogP contribution is 2.19. The zero-order chi connectivity index (χ0) is 18.1. The van der Waals surface area contributed by atoms with Gasteiger partial charge in [0.25, 0.3) is 0 Å². The Morgan fingerprint density at radius 3 is 2.46 bits per heavy atom. The number of hydrogen-bond acceptors (Lipinski definition) is 4. The van der Waals surface area contributed by atoms with E-state index in [-0.39, 0.29) is 24.0 Å². The van der Waals surface area contributed by atoms with Gasteiger partial charge in [0.05, 0.1) is 31.0 Å². The summed E-state index contributed by atoms with van der Waals surface area (Å²) in [6, 6.07) is 0. The van der Waals surface area contributed by atoms with E-state index in [1.807, 2.05) is 13.8 Å². The number of piperidine rings is 1. The number of aliphatic hydroxyl groups is 1. The van der Waals surface area contributed by atoms with Gasteiger partial charge in [0.15, 0.2) is 5.96 Å². The highest BCUT2D eigenvalue weighted by molar-refractivity contribution is 14.0. The van der Waals surface area contributed by atoms with Crippen LogP contribution >= 0.6 is 24.0 Å². The molecule has 0 radical (unpaired) electrons. The standard InChI is InChI=1S/C19H37N3O3.HI/c1-4-19(23,5-2)15-21-18(20-6-3)22-11-9-16(10-12-22)25-14-17-8-7-13-24-17;/h16-17,23H,4-15H2,1-3H3,(H,20,21);1H. The van der Waals surface area contributed by atoms with Crippen molar-refractivity contribution in [1.29, 1.82) is 0 Å². The zero-order valence-electron chi connectivity index (χ0n) is 16.7. The molecule has 2 rings (SSSR count). The zero-order valence-corrected chi connectivity index (χ0v) is 19.0. The van der Waals surface area contributed by atoms with Crippen LogP contribution in [0.5, 0.6) is 0 Å². The number of aliphatic imine (C=N–C) groups is 1. The van der Waals surface area contributed by atoms with Crippen LogP contribution in [-0.4, -0.2) is 73.2 Å². The lowest BCUT2D eigenvalue weighted by atomic mass is 9.98. The van der Waals surface area contributed by atoms with Gasteiger partial charge in [0.2, 0.25) is 0 Å². The van der Waals surface area contributed by atoms with Crippen molar-refractivity contribution in [3.8, 4) is 0 Å². The highest BCUT2D eigenvalue weighted by atomic mass is 127. The first-order valence-electron chi connectivity index (χ1n) is 10.1. The van der Waals surface area contributed by atoms with E-state index >= 15 is 0 Å². The molecule has 1 unspecified atom stereocenters. The van der Waals surface area contributed by atoms with E-state index in [0.29, 0.717) is 18.8 Å². The molecular weight excluding hydrogens is 445 g/mol. The van der Waals surface area contributed by atoms with E-state index in [1.165, 1.54) is 0 Å². The van der Waals surface area contributed by atoms with Gasteiger partial charge in [0, 0.05) is 26.2 Å². The second-order valence-corrected chi connectivity index (χ2v) is 7.26.